The van der Waals surface area contributed by atoms with Crippen LogP contribution in [0.15, 0.2) is 4.42 Å². The van der Waals surface area contributed by atoms with E-state index in [1.165, 1.54) is 12.8 Å². The molecular formula is C10H17N3O. The maximum absolute atomic E-state index is 5.42. The molecule has 78 valence electrons. The molecule has 2 rings (SSSR count). The van der Waals surface area contributed by atoms with Crippen molar-refractivity contribution in [3.05, 3.63) is 5.89 Å². The van der Waals surface area contributed by atoms with Gasteiger partial charge in [0.1, 0.15) is 0 Å². The van der Waals surface area contributed by atoms with Gasteiger partial charge in [-0.15, -0.1) is 5.10 Å². The van der Waals surface area contributed by atoms with Gasteiger partial charge in [0, 0.05) is 20.0 Å². The van der Waals surface area contributed by atoms with Crippen LogP contribution in [-0.4, -0.2) is 23.3 Å². The number of nitrogens with zero attached hydrogens (tertiary/aromatic N) is 3. The van der Waals surface area contributed by atoms with Crippen LogP contribution >= 0.6 is 0 Å². The molecular weight excluding hydrogens is 178 g/mol. The second kappa shape index (κ2) is 3.26. The van der Waals surface area contributed by atoms with Crippen LogP contribution in [-0.2, 0) is 0 Å². The van der Waals surface area contributed by atoms with Gasteiger partial charge in [0.2, 0.25) is 5.89 Å². The second-order valence-electron chi connectivity index (χ2n) is 4.79. The first-order valence-electron chi connectivity index (χ1n) is 5.12. The van der Waals surface area contributed by atoms with Gasteiger partial charge in [-0.3, -0.25) is 0 Å². The van der Waals surface area contributed by atoms with Crippen LogP contribution in [0.3, 0.4) is 0 Å². The van der Waals surface area contributed by atoms with Crippen LogP contribution in [0.4, 0.5) is 6.01 Å². The fourth-order valence-electron chi connectivity index (χ4n) is 2.00. The Hall–Kier alpha value is -1.06. The number of hydrogen-bond donors (Lipinski definition) is 0. The molecule has 1 saturated heterocycles. The fraction of sp³-hybridized carbons (Fsp3) is 0.800. The monoisotopic (exact) mass is 195 g/mol. The lowest BCUT2D eigenvalue weighted by molar-refractivity contribution is 0.283. The van der Waals surface area contributed by atoms with E-state index < -0.39 is 0 Å². The average molecular weight is 195 g/mol. The lowest BCUT2D eigenvalue weighted by Gasteiger charge is -2.36. The zero-order valence-corrected chi connectivity index (χ0v) is 9.08. The molecule has 0 atom stereocenters. The quantitative estimate of drug-likeness (QED) is 0.687. The van der Waals surface area contributed by atoms with E-state index in [4.69, 9.17) is 4.42 Å². The van der Waals surface area contributed by atoms with Crippen molar-refractivity contribution in [3.8, 4) is 0 Å². The third kappa shape index (κ3) is 1.89. The summed E-state index contributed by atoms with van der Waals surface area (Å²) in [5.74, 6) is 0.642. The Bertz CT molecular complexity index is 319. The van der Waals surface area contributed by atoms with E-state index in [0.29, 0.717) is 17.3 Å². The van der Waals surface area contributed by atoms with Crippen molar-refractivity contribution < 1.29 is 4.42 Å². The van der Waals surface area contributed by atoms with E-state index in [1.807, 2.05) is 6.92 Å². The van der Waals surface area contributed by atoms with Gasteiger partial charge >= 0.3 is 6.01 Å². The van der Waals surface area contributed by atoms with Crippen LogP contribution in [0.1, 0.15) is 32.6 Å². The summed E-state index contributed by atoms with van der Waals surface area (Å²) in [7, 11) is 0. The highest BCUT2D eigenvalue weighted by molar-refractivity contribution is 5.25. The molecule has 1 aliphatic heterocycles. The molecule has 0 saturated carbocycles. The highest BCUT2D eigenvalue weighted by Crippen LogP contribution is 2.30. The summed E-state index contributed by atoms with van der Waals surface area (Å²) in [6, 6.07) is 0.676. The molecule has 2 heterocycles. The van der Waals surface area contributed by atoms with E-state index in [-0.39, 0.29) is 0 Å². The Morgan fingerprint density at radius 2 is 2.14 bits per heavy atom. The van der Waals surface area contributed by atoms with Gasteiger partial charge in [-0.1, -0.05) is 18.9 Å². The minimum Gasteiger partial charge on any atom is -0.408 e. The summed E-state index contributed by atoms with van der Waals surface area (Å²) in [6.07, 6.45) is 2.48. The minimum absolute atomic E-state index is 0.362. The maximum atomic E-state index is 5.42. The molecule has 1 fully saturated rings. The lowest BCUT2D eigenvalue weighted by atomic mass is 9.84. The lowest BCUT2D eigenvalue weighted by Crippen LogP contribution is -2.40. The normalized spacial score (nSPS) is 21.2. The molecule has 14 heavy (non-hydrogen) atoms. The average Bonchev–Trinajstić information content (AvgIpc) is 2.50. The van der Waals surface area contributed by atoms with Crippen molar-refractivity contribution in [2.45, 2.75) is 33.6 Å². The smallest absolute Gasteiger partial charge is 0.318 e. The van der Waals surface area contributed by atoms with Crippen molar-refractivity contribution in [3.63, 3.8) is 0 Å². The molecule has 4 heteroatoms. The standard InChI is InChI=1S/C10H17N3O/c1-8-11-12-9(14-8)13-6-4-5-10(2,3)7-13/h4-7H2,1-3H3. The van der Waals surface area contributed by atoms with Gasteiger partial charge in [0.25, 0.3) is 0 Å². The minimum atomic E-state index is 0.362. The molecule has 0 amide bonds. The highest BCUT2D eigenvalue weighted by atomic mass is 16.4. The van der Waals surface area contributed by atoms with Gasteiger partial charge in [-0.25, -0.2) is 0 Å². The van der Waals surface area contributed by atoms with Gasteiger partial charge in [0.05, 0.1) is 0 Å². The predicted molar refractivity (Wildman–Crippen MR) is 54.3 cm³/mol. The van der Waals surface area contributed by atoms with E-state index in [2.05, 4.69) is 28.9 Å². The van der Waals surface area contributed by atoms with E-state index in [0.717, 1.165) is 13.1 Å². The molecule has 0 aromatic carbocycles. The van der Waals surface area contributed by atoms with E-state index in [1.54, 1.807) is 0 Å². The predicted octanol–water partition coefficient (Wildman–Crippen LogP) is 2.00. The zero-order valence-electron chi connectivity index (χ0n) is 9.08. The van der Waals surface area contributed by atoms with Gasteiger partial charge in [-0.05, 0) is 18.3 Å². The zero-order chi connectivity index (χ0) is 10.2. The summed E-state index contributed by atoms with van der Waals surface area (Å²) < 4.78 is 5.42. The number of rotatable bonds is 1. The Kier molecular flexibility index (Phi) is 2.21. The Morgan fingerprint density at radius 3 is 2.71 bits per heavy atom. The van der Waals surface area contributed by atoms with Crippen LogP contribution in [0.5, 0.6) is 0 Å². The summed E-state index contributed by atoms with van der Waals surface area (Å²) in [5, 5.41) is 7.90. The molecule has 1 aliphatic rings. The third-order valence-corrected chi connectivity index (χ3v) is 2.69. The van der Waals surface area contributed by atoms with Crippen molar-refractivity contribution in [2.24, 2.45) is 5.41 Å². The SMILES string of the molecule is Cc1nnc(N2CCCC(C)(C)C2)o1. The van der Waals surface area contributed by atoms with Gasteiger partial charge in [0.15, 0.2) is 0 Å². The molecule has 0 aliphatic carbocycles. The number of hydrogen-bond acceptors (Lipinski definition) is 4. The number of anilines is 1. The molecule has 1 aromatic rings. The van der Waals surface area contributed by atoms with Gasteiger partial charge < -0.3 is 9.32 Å². The Labute approximate surface area is 84.3 Å². The van der Waals surface area contributed by atoms with E-state index in [9.17, 15) is 0 Å². The molecule has 0 bridgehead atoms. The molecule has 0 N–H and O–H groups in total. The summed E-state index contributed by atoms with van der Waals surface area (Å²) in [6.45, 7) is 8.43. The second-order valence-corrected chi connectivity index (χ2v) is 4.79. The first-order chi connectivity index (χ1) is 6.57. The number of piperidine rings is 1. The maximum Gasteiger partial charge on any atom is 0.318 e. The van der Waals surface area contributed by atoms with Crippen molar-refractivity contribution in [2.75, 3.05) is 18.0 Å². The third-order valence-electron chi connectivity index (χ3n) is 2.69. The summed E-state index contributed by atoms with van der Waals surface area (Å²) >= 11 is 0. The Balaban J connectivity index is 2.12. The van der Waals surface area contributed by atoms with Crippen LogP contribution in [0, 0.1) is 12.3 Å². The molecule has 0 unspecified atom stereocenters. The molecule has 0 radical (unpaired) electrons. The first kappa shape index (κ1) is 9.49. The molecule has 0 spiro atoms. The van der Waals surface area contributed by atoms with Crippen LogP contribution in [0.25, 0.3) is 0 Å². The largest absolute Gasteiger partial charge is 0.408 e. The summed E-state index contributed by atoms with van der Waals surface area (Å²) in [5.41, 5.74) is 0.362. The fourth-order valence-corrected chi connectivity index (χ4v) is 2.00. The van der Waals surface area contributed by atoms with E-state index >= 15 is 0 Å². The van der Waals surface area contributed by atoms with Crippen molar-refractivity contribution in [1.29, 1.82) is 0 Å². The topological polar surface area (TPSA) is 42.2 Å². The number of aryl methyl sites for hydroxylation is 1. The van der Waals surface area contributed by atoms with Crippen LogP contribution < -0.4 is 4.90 Å². The highest BCUT2D eigenvalue weighted by Gasteiger charge is 2.28. The van der Waals surface area contributed by atoms with Crippen LogP contribution in [0.2, 0.25) is 0 Å². The summed E-state index contributed by atoms with van der Waals surface area (Å²) in [4.78, 5) is 2.18. The molecule has 1 aromatic heterocycles. The van der Waals surface area contributed by atoms with Gasteiger partial charge in [-0.2, -0.15) is 0 Å². The first-order valence-corrected chi connectivity index (χ1v) is 5.12. The number of aromatic nitrogens is 2. The Morgan fingerprint density at radius 1 is 1.36 bits per heavy atom. The van der Waals surface area contributed by atoms with Crippen molar-refractivity contribution >= 4 is 6.01 Å². The molecule has 4 nitrogen and oxygen atoms in total. The van der Waals surface area contributed by atoms with Crippen molar-refractivity contribution in [1.82, 2.24) is 10.2 Å².